The van der Waals surface area contributed by atoms with Crippen molar-refractivity contribution >= 4 is 17.2 Å². The summed E-state index contributed by atoms with van der Waals surface area (Å²) in [5.74, 6) is 0. The minimum Gasteiger partial charge on any atom is -0.391 e. The molecule has 0 aromatic carbocycles. The quantitative estimate of drug-likeness (QED) is 0.570. The van der Waals surface area contributed by atoms with Crippen molar-refractivity contribution in [3.8, 4) is 0 Å². The molecule has 0 amide bonds. The van der Waals surface area contributed by atoms with E-state index in [1.807, 2.05) is 0 Å². The van der Waals surface area contributed by atoms with Gasteiger partial charge in [0.2, 0.25) is 5.60 Å². The van der Waals surface area contributed by atoms with Gasteiger partial charge in [-0.3, -0.25) is 0 Å². The van der Waals surface area contributed by atoms with Crippen LogP contribution in [0.5, 0.6) is 0 Å². The normalized spacial score (nSPS) is 18.1. The van der Waals surface area contributed by atoms with Crippen LogP contribution in [0.4, 0.5) is 13.2 Å². The summed E-state index contributed by atoms with van der Waals surface area (Å²) in [5.41, 5.74) is 1.56. The molecule has 2 nitrogen and oxygen atoms in total. The number of alkyl halides is 3. The molecule has 1 atom stereocenters. The second kappa shape index (κ2) is 2.35. The largest absolute Gasteiger partial charge is 0.423 e. The average Bonchev–Trinajstić information content (AvgIpc) is 1.62. The first-order chi connectivity index (χ1) is 4.19. The molecule has 0 aliphatic rings. The van der Waals surface area contributed by atoms with Crippen LogP contribution in [-0.4, -0.2) is 21.9 Å². The van der Waals surface area contributed by atoms with Gasteiger partial charge in [-0.1, -0.05) is 12.2 Å². The Hall–Kier alpha value is -0.360. The molecule has 6 heteroatoms. The highest BCUT2D eigenvalue weighted by Gasteiger charge is 2.52. The van der Waals surface area contributed by atoms with Crippen molar-refractivity contribution in [1.82, 2.24) is 0 Å². The Bertz CT molecular complexity index is 153. The molecule has 0 heterocycles. The van der Waals surface area contributed by atoms with Gasteiger partial charge in [-0.25, -0.2) is 0 Å². The highest BCUT2D eigenvalue weighted by Crippen LogP contribution is 2.29. The van der Waals surface area contributed by atoms with Crippen LogP contribution in [0.2, 0.25) is 0 Å². The lowest BCUT2D eigenvalue weighted by atomic mass is 10.1. The van der Waals surface area contributed by atoms with Crippen LogP contribution in [0, 0.1) is 0 Å². The Morgan fingerprint density at radius 1 is 1.50 bits per heavy atom. The third kappa shape index (κ3) is 1.57. The van der Waals surface area contributed by atoms with Crippen LogP contribution in [0.3, 0.4) is 0 Å². The van der Waals surface area contributed by atoms with E-state index < -0.39 is 16.8 Å². The fourth-order valence-electron chi connectivity index (χ4n) is 0.140. The maximum absolute atomic E-state index is 11.7. The summed E-state index contributed by atoms with van der Waals surface area (Å²) in [7, 11) is 0. The molecule has 0 radical (unpaired) electrons. The smallest absolute Gasteiger partial charge is 0.391 e. The third-order valence-electron chi connectivity index (χ3n) is 1.03. The minimum atomic E-state index is -4.79. The first-order valence-electron chi connectivity index (χ1n) is 2.28. The van der Waals surface area contributed by atoms with Crippen LogP contribution in [0.1, 0.15) is 6.92 Å². The van der Waals surface area contributed by atoms with Gasteiger partial charge in [-0.2, -0.15) is 13.2 Å². The van der Waals surface area contributed by atoms with E-state index >= 15 is 0 Å². The molecule has 0 bridgehead atoms. The van der Waals surface area contributed by atoms with Gasteiger partial charge in [-0.15, -0.1) is 0 Å². The van der Waals surface area contributed by atoms with E-state index in [0.29, 0.717) is 6.92 Å². The molecular formula is C4H6F3NOS. The lowest BCUT2D eigenvalue weighted by molar-refractivity contribution is -0.223. The van der Waals surface area contributed by atoms with Crippen LogP contribution >= 0.6 is 12.2 Å². The number of halogens is 3. The third-order valence-corrected chi connectivity index (χ3v) is 1.43. The topological polar surface area (TPSA) is 46.2 Å². The number of hydrogen-bond donors (Lipinski definition) is 2. The molecule has 0 fully saturated rings. The van der Waals surface area contributed by atoms with Gasteiger partial charge in [0.05, 0.1) is 0 Å². The summed E-state index contributed by atoms with van der Waals surface area (Å²) in [6.07, 6.45) is -4.79. The molecule has 1 unspecified atom stereocenters. The number of aliphatic hydroxyl groups is 1. The second-order valence-corrected chi connectivity index (χ2v) is 2.37. The molecule has 10 heavy (non-hydrogen) atoms. The van der Waals surface area contributed by atoms with E-state index in [2.05, 4.69) is 18.0 Å². The first kappa shape index (κ1) is 9.64. The highest BCUT2D eigenvalue weighted by molar-refractivity contribution is 7.80. The fraction of sp³-hybridized carbons (Fsp3) is 0.750. The molecule has 0 aliphatic heterocycles. The Balaban J connectivity index is 4.57. The highest BCUT2D eigenvalue weighted by atomic mass is 32.1. The lowest BCUT2D eigenvalue weighted by Gasteiger charge is -2.24. The summed E-state index contributed by atoms with van der Waals surface area (Å²) in [6, 6.07) is 0. The van der Waals surface area contributed by atoms with Gasteiger partial charge in [0.25, 0.3) is 0 Å². The molecule has 0 aromatic heterocycles. The van der Waals surface area contributed by atoms with Crippen molar-refractivity contribution in [3.05, 3.63) is 0 Å². The van der Waals surface area contributed by atoms with E-state index in [-0.39, 0.29) is 0 Å². The molecule has 0 saturated carbocycles. The van der Waals surface area contributed by atoms with E-state index in [4.69, 9.17) is 5.11 Å². The molecule has 0 spiro atoms. The van der Waals surface area contributed by atoms with Gasteiger partial charge < -0.3 is 10.8 Å². The van der Waals surface area contributed by atoms with Crippen LogP contribution in [0.15, 0.2) is 0 Å². The van der Waals surface area contributed by atoms with E-state index in [9.17, 15) is 13.2 Å². The summed E-state index contributed by atoms with van der Waals surface area (Å²) < 4.78 is 35.0. The SMILES string of the molecule is CC(O)(C(N)=S)C(F)(F)F. The van der Waals surface area contributed by atoms with Crippen LogP contribution < -0.4 is 5.73 Å². The van der Waals surface area contributed by atoms with Crippen molar-refractivity contribution in [3.63, 3.8) is 0 Å². The molecule has 3 N–H and O–H groups in total. The second-order valence-electron chi connectivity index (χ2n) is 1.93. The standard InChI is InChI=1S/C4H6F3NOS/c1-3(9,2(8)10)4(5,6)7/h9H,1H3,(H2,8,10). The maximum Gasteiger partial charge on any atom is 0.423 e. The van der Waals surface area contributed by atoms with Gasteiger partial charge in [0.15, 0.2) is 0 Å². The Morgan fingerprint density at radius 3 is 1.80 bits per heavy atom. The van der Waals surface area contributed by atoms with E-state index in [0.717, 1.165) is 0 Å². The average molecular weight is 173 g/mol. The summed E-state index contributed by atoms with van der Waals surface area (Å²) in [4.78, 5) is -0.972. The number of nitrogens with two attached hydrogens (primary N) is 1. The number of rotatable bonds is 1. The minimum absolute atomic E-state index is 0.509. The zero-order valence-electron chi connectivity index (χ0n) is 5.07. The molecule has 0 aliphatic carbocycles. The molecule has 0 aromatic rings. The fourth-order valence-corrected chi connectivity index (χ4v) is 0.255. The molecule has 0 rings (SSSR count). The van der Waals surface area contributed by atoms with Gasteiger partial charge >= 0.3 is 6.18 Å². The summed E-state index contributed by atoms with van der Waals surface area (Å²) >= 11 is 3.99. The summed E-state index contributed by atoms with van der Waals surface area (Å²) in [5, 5.41) is 8.54. The van der Waals surface area contributed by atoms with Crippen molar-refractivity contribution in [2.24, 2.45) is 5.73 Å². The molecule has 60 valence electrons. The zero-order valence-corrected chi connectivity index (χ0v) is 5.88. The van der Waals surface area contributed by atoms with Gasteiger partial charge in [0, 0.05) is 0 Å². The predicted octanol–water partition coefficient (Wildman–Crippen LogP) is 0.586. The lowest BCUT2D eigenvalue weighted by Crippen LogP contribution is -2.51. The first-order valence-corrected chi connectivity index (χ1v) is 2.69. The van der Waals surface area contributed by atoms with E-state index in [1.54, 1.807) is 0 Å². The predicted molar refractivity (Wildman–Crippen MR) is 33.5 cm³/mol. The Kier molecular flexibility index (Phi) is 2.27. The van der Waals surface area contributed by atoms with E-state index in [1.165, 1.54) is 0 Å². The van der Waals surface area contributed by atoms with Crippen molar-refractivity contribution in [1.29, 1.82) is 0 Å². The number of hydrogen-bond acceptors (Lipinski definition) is 2. The Morgan fingerprint density at radius 2 is 1.80 bits per heavy atom. The van der Waals surface area contributed by atoms with Gasteiger partial charge in [0.1, 0.15) is 4.99 Å². The van der Waals surface area contributed by atoms with Crippen molar-refractivity contribution < 1.29 is 18.3 Å². The number of thiocarbonyl (C=S) groups is 1. The summed E-state index contributed by atoms with van der Waals surface area (Å²) in [6.45, 7) is 0.509. The molecule has 0 saturated heterocycles. The zero-order chi connectivity index (χ0) is 8.58. The molecular weight excluding hydrogens is 167 g/mol. The monoisotopic (exact) mass is 173 g/mol. The van der Waals surface area contributed by atoms with Crippen LogP contribution in [0.25, 0.3) is 0 Å². The van der Waals surface area contributed by atoms with Crippen molar-refractivity contribution in [2.45, 2.75) is 18.7 Å². The van der Waals surface area contributed by atoms with Gasteiger partial charge in [-0.05, 0) is 6.92 Å². The van der Waals surface area contributed by atoms with Crippen LogP contribution in [-0.2, 0) is 0 Å². The van der Waals surface area contributed by atoms with Crippen molar-refractivity contribution in [2.75, 3.05) is 0 Å². The Labute approximate surface area is 60.8 Å². The maximum atomic E-state index is 11.7.